The molecule has 21 heavy (non-hydrogen) atoms. The summed E-state index contributed by atoms with van der Waals surface area (Å²) in [6.07, 6.45) is 0. The van der Waals surface area contributed by atoms with Crippen LogP contribution in [-0.2, 0) is 4.79 Å². The number of amides is 2. The first-order chi connectivity index (χ1) is 10.2. The zero-order valence-electron chi connectivity index (χ0n) is 11.2. The van der Waals surface area contributed by atoms with Crippen molar-refractivity contribution in [1.82, 2.24) is 5.32 Å². The van der Waals surface area contributed by atoms with Gasteiger partial charge in [-0.25, -0.2) is 4.85 Å². The zero-order valence-corrected chi connectivity index (χ0v) is 11.2. The van der Waals surface area contributed by atoms with Crippen LogP contribution in [0, 0.1) is 6.57 Å². The summed E-state index contributed by atoms with van der Waals surface area (Å²) in [6.45, 7) is 6.72. The molecule has 0 saturated carbocycles. The average Bonchev–Trinajstić information content (AvgIpc) is 2.53. The van der Waals surface area contributed by atoms with Gasteiger partial charge in [0.25, 0.3) is 5.91 Å². The zero-order chi connectivity index (χ0) is 15.1. The topological polar surface area (TPSA) is 62.6 Å². The van der Waals surface area contributed by atoms with E-state index in [1.54, 1.807) is 36.4 Å². The van der Waals surface area contributed by atoms with Crippen LogP contribution in [0.2, 0.25) is 0 Å². The highest BCUT2D eigenvalue weighted by Gasteiger charge is 2.08. The second kappa shape index (κ2) is 6.87. The third kappa shape index (κ3) is 4.18. The van der Waals surface area contributed by atoms with Gasteiger partial charge in [0.1, 0.15) is 0 Å². The molecule has 5 nitrogen and oxygen atoms in total. The van der Waals surface area contributed by atoms with Crippen molar-refractivity contribution in [2.24, 2.45) is 0 Å². The Morgan fingerprint density at radius 1 is 1.00 bits per heavy atom. The van der Waals surface area contributed by atoms with Gasteiger partial charge in [-0.3, -0.25) is 9.59 Å². The minimum absolute atomic E-state index is 0.113. The molecule has 0 aliphatic carbocycles. The standard InChI is InChI=1S/C16H13N3O2/c1-17-13-9-7-12(8-10-13)16(21)18-11-15(20)19-14-5-3-2-4-6-14/h2-10H,11H2,(H,18,21)(H,19,20). The van der Waals surface area contributed by atoms with Crippen molar-refractivity contribution >= 4 is 23.2 Å². The molecule has 0 aromatic heterocycles. The molecule has 0 spiro atoms. The number of carbonyl (C=O) groups excluding carboxylic acids is 2. The van der Waals surface area contributed by atoms with Crippen molar-refractivity contribution < 1.29 is 9.59 Å². The first kappa shape index (κ1) is 14.3. The predicted molar refractivity (Wildman–Crippen MR) is 80.1 cm³/mol. The second-order valence-electron chi connectivity index (χ2n) is 4.26. The number of benzene rings is 2. The summed E-state index contributed by atoms with van der Waals surface area (Å²) in [5, 5.41) is 5.20. The van der Waals surface area contributed by atoms with Crippen molar-refractivity contribution in [1.29, 1.82) is 0 Å². The van der Waals surface area contributed by atoms with Gasteiger partial charge in [-0.1, -0.05) is 42.5 Å². The molecule has 0 aliphatic heterocycles. The van der Waals surface area contributed by atoms with Crippen LogP contribution in [0.4, 0.5) is 11.4 Å². The van der Waals surface area contributed by atoms with E-state index in [9.17, 15) is 9.59 Å². The molecule has 0 aliphatic rings. The minimum atomic E-state index is -0.352. The van der Waals surface area contributed by atoms with Crippen LogP contribution in [-0.4, -0.2) is 18.4 Å². The quantitative estimate of drug-likeness (QED) is 0.845. The molecule has 2 aromatic carbocycles. The monoisotopic (exact) mass is 279 g/mol. The summed E-state index contributed by atoms with van der Waals surface area (Å²) in [5.41, 5.74) is 1.56. The number of para-hydroxylation sites is 1. The number of carbonyl (C=O) groups is 2. The first-order valence-electron chi connectivity index (χ1n) is 6.29. The summed E-state index contributed by atoms with van der Waals surface area (Å²) < 4.78 is 0. The van der Waals surface area contributed by atoms with Crippen LogP contribution in [0.5, 0.6) is 0 Å². The molecule has 0 unspecified atom stereocenters. The molecule has 2 aromatic rings. The Balaban J connectivity index is 1.86. The predicted octanol–water partition coefficient (Wildman–Crippen LogP) is 2.61. The molecule has 0 saturated heterocycles. The third-order valence-electron chi connectivity index (χ3n) is 2.73. The lowest BCUT2D eigenvalue weighted by Gasteiger charge is -2.07. The fourth-order valence-electron chi connectivity index (χ4n) is 1.68. The van der Waals surface area contributed by atoms with E-state index in [-0.39, 0.29) is 18.4 Å². The van der Waals surface area contributed by atoms with Crippen LogP contribution in [0.15, 0.2) is 54.6 Å². The van der Waals surface area contributed by atoms with E-state index in [1.807, 2.05) is 18.2 Å². The van der Waals surface area contributed by atoms with E-state index in [2.05, 4.69) is 15.5 Å². The Kier molecular flexibility index (Phi) is 4.67. The minimum Gasteiger partial charge on any atom is -0.343 e. The van der Waals surface area contributed by atoms with Gasteiger partial charge >= 0.3 is 0 Å². The van der Waals surface area contributed by atoms with E-state index >= 15 is 0 Å². The van der Waals surface area contributed by atoms with Crippen LogP contribution in [0.3, 0.4) is 0 Å². The van der Waals surface area contributed by atoms with Crippen LogP contribution >= 0.6 is 0 Å². The van der Waals surface area contributed by atoms with E-state index < -0.39 is 0 Å². The highest BCUT2D eigenvalue weighted by Crippen LogP contribution is 2.12. The fourth-order valence-corrected chi connectivity index (χ4v) is 1.68. The van der Waals surface area contributed by atoms with Gasteiger partial charge in [0.05, 0.1) is 13.1 Å². The molecule has 0 heterocycles. The van der Waals surface area contributed by atoms with Crippen molar-refractivity contribution in [2.75, 3.05) is 11.9 Å². The Labute approximate surface area is 122 Å². The highest BCUT2D eigenvalue weighted by atomic mass is 16.2. The molecular weight excluding hydrogens is 266 g/mol. The van der Waals surface area contributed by atoms with E-state index in [0.717, 1.165) is 0 Å². The molecule has 0 radical (unpaired) electrons. The van der Waals surface area contributed by atoms with E-state index in [0.29, 0.717) is 16.9 Å². The number of nitrogens with one attached hydrogen (secondary N) is 2. The van der Waals surface area contributed by atoms with Gasteiger partial charge in [0, 0.05) is 11.3 Å². The summed E-state index contributed by atoms with van der Waals surface area (Å²) in [6, 6.07) is 15.2. The smallest absolute Gasteiger partial charge is 0.251 e. The maximum atomic E-state index is 11.8. The lowest BCUT2D eigenvalue weighted by Crippen LogP contribution is -2.32. The van der Waals surface area contributed by atoms with Crippen LogP contribution in [0.1, 0.15) is 10.4 Å². The van der Waals surface area contributed by atoms with Crippen LogP contribution in [0.25, 0.3) is 4.85 Å². The summed E-state index contributed by atoms with van der Waals surface area (Å²) in [7, 11) is 0. The van der Waals surface area contributed by atoms with Crippen molar-refractivity contribution in [3.8, 4) is 0 Å². The van der Waals surface area contributed by atoms with Crippen molar-refractivity contribution in [3.05, 3.63) is 71.6 Å². The largest absolute Gasteiger partial charge is 0.343 e. The van der Waals surface area contributed by atoms with E-state index in [1.165, 1.54) is 0 Å². The lowest BCUT2D eigenvalue weighted by molar-refractivity contribution is -0.115. The Hall–Kier alpha value is -3.13. The van der Waals surface area contributed by atoms with E-state index in [4.69, 9.17) is 6.57 Å². The van der Waals surface area contributed by atoms with Gasteiger partial charge in [-0.05, 0) is 12.1 Å². The SMILES string of the molecule is [C-]#[N+]c1ccc(C(=O)NCC(=O)Nc2ccccc2)cc1. The molecule has 0 fully saturated rings. The molecule has 2 rings (SSSR count). The summed E-state index contributed by atoms with van der Waals surface area (Å²) in [5.74, 6) is -0.651. The number of anilines is 1. The second-order valence-corrected chi connectivity index (χ2v) is 4.26. The van der Waals surface area contributed by atoms with Gasteiger partial charge in [0.15, 0.2) is 5.69 Å². The average molecular weight is 279 g/mol. The van der Waals surface area contributed by atoms with Crippen LogP contribution < -0.4 is 10.6 Å². The molecule has 0 atom stereocenters. The van der Waals surface area contributed by atoms with Crippen molar-refractivity contribution in [3.63, 3.8) is 0 Å². The molecular formula is C16H13N3O2. The number of rotatable bonds is 4. The molecule has 2 N–H and O–H groups in total. The third-order valence-corrected chi connectivity index (χ3v) is 2.73. The maximum Gasteiger partial charge on any atom is 0.251 e. The lowest BCUT2D eigenvalue weighted by atomic mass is 10.2. The Morgan fingerprint density at radius 3 is 2.29 bits per heavy atom. The molecule has 104 valence electrons. The summed E-state index contributed by atoms with van der Waals surface area (Å²) >= 11 is 0. The Bertz CT molecular complexity index is 673. The maximum absolute atomic E-state index is 11.8. The molecule has 2 amide bonds. The Morgan fingerprint density at radius 2 is 1.67 bits per heavy atom. The highest BCUT2D eigenvalue weighted by molar-refractivity contribution is 5.99. The number of hydrogen-bond acceptors (Lipinski definition) is 2. The van der Waals surface area contributed by atoms with Gasteiger partial charge in [-0.15, -0.1) is 0 Å². The van der Waals surface area contributed by atoms with Gasteiger partial charge < -0.3 is 10.6 Å². The number of nitrogens with zero attached hydrogens (tertiary/aromatic N) is 1. The first-order valence-corrected chi connectivity index (χ1v) is 6.29. The van der Waals surface area contributed by atoms with Gasteiger partial charge in [-0.2, -0.15) is 0 Å². The van der Waals surface area contributed by atoms with Gasteiger partial charge in [0.2, 0.25) is 5.91 Å². The van der Waals surface area contributed by atoms with Crippen molar-refractivity contribution in [2.45, 2.75) is 0 Å². The summed E-state index contributed by atoms with van der Waals surface area (Å²) in [4.78, 5) is 26.8. The normalized spacial score (nSPS) is 9.48. The number of hydrogen-bond donors (Lipinski definition) is 2. The fraction of sp³-hybridized carbons (Fsp3) is 0.0625. The molecule has 5 heteroatoms. The molecule has 0 bridgehead atoms.